The van der Waals surface area contributed by atoms with Gasteiger partial charge in [-0.2, -0.15) is 0 Å². The van der Waals surface area contributed by atoms with E-state index in [9.17, 15) is 0 Å². The largest absolute Gasteiger partial charge is 1.00 e. The molecule has 0 radical (unpaired) electrons. The van der Waals surface area contributed by atoms with Gasteiger partial charge < -0.3 is 4.28 Å². The van der Waals surface area contributed by atoms with Crippen LogP contribution in [0, 0.1) is 0 Å². The normalized spacial score (nSPS) is 0. The average molecular weight is 213 g/mol. The minimum Gasteiger partial charge on any atom is -1.00 e. The summed E-state index contributed by atoms with van der Waals surface area (Å²) in [7, 11) is 0. The van der Waals surface area contributed by atoms with Crippen LogP contribution in [0.2, 0.25) is 0 Å². The smallest absolute Gasteiger partial charge is 0 e. The molecule has 0 spiro atoms. The van der Waals surface area contributed by atoms with E-state index in [1.54, 1.807) is 0 Å². The summed E-state index contributed by atoms with van der Waals surface area (Å²) in [6, 6.07) is 0. The monoisotopic (exact) mass is 213 g/mol. The average Bonchev–Trinajstić information content (AvgIpc) is 0. The van der Waals surface area contributed by atoms with Crippen LogP contribution < -0.4 is 0 Å². The molecule has 0 atom stereocenters. The van der Waals surface area contributed by atoms with Crippen molar-refractivity contribution in [3.8, 4) is 0 Å². The molecule has 0 unspecified atom stereocenters. The van der Waals surface area contributed by atoms with Crippen LogP contribution in [-0.2, 0) is 19.5 Å². The third kappa shape index (κ3) is 9.74. The van der Waals surface area contributed by atoms with Gasteiger partial charge in [0.1, 0.15) is 0 Å². The van der Waals surface area contributed by atoms with Crippen molar-refractivity contribution in [1.29, 1.82) is 0 Å². The Morgan fingerprint density at radius 2 is 0.750 bits per heavy atom. The molecule has 0 aliphatic rings. The second-order valence-electron chi connectivity index (χ2n) is 0. The number of hydrogen-bond donors (Lipinski definition) is 0. The van der Waals surface area contributed by atoms with Gasteiger partial charge in [0.15, 0.2) is 0 Å². The van der Waals surface area contributed by atoms with Gasteiger partial charge in [-0.3, -0.25) is 0 Å². The summed E-state index contributed by atoms with van der Waals surface area (Å²) in [4.78, 5) is 0. The molecule has 0 N–H and O–H groups in total. The van der Waals surface area contributed by atoms with Crippen molar-refractivity contribution in [3.63, 3.8) is 0 Å². The molecular weight excluding hydrogens is 207 g/mol. The van der Waals surface area contributed by atoms with Crippen molar-refractivity contribution in [2.45, 2.75) is 0 Å². The van der Waals surface area contributed by atoms with E-state index < -0.39 is 0 Å². The molecule has 0 aliphatic carbocycles. The Morgan fingerprint density at radius 1 is 0.750 bits per heavy atom. The molecule has 0 aromatic carbocycles. The fraction of sp³-hybridized carbons (Fsp3) is 0. The molecule has 0 amide bonds. The molecule has 0 heterocycles. The number of rotatable bonds is 0. The maximum atomic E-state index is 0. The van der Waals surface area contributed by atoms with Gasteiger partial charge >= 0.3 is 0 Å². The van der Waals surface area contributed by atoms with Crippen molar-refractivity contribution in [2.75, 3.05) is 0 Å². The van der Waals surface area contributed by atoms with E-state index in [-0.39, 0.29) is 61.0 Å². The van der Waals surface area contributed by atoms with Crippen LogP contribution in [0.15, 0.2) is 0 Å². The van der Waals surface area contributed by atoms with Crippen LogP contribution in [0.25, 0.3) is 0 Å². The Labute approximate surface area is 61.2 Å². The third-order valence-electron chi connectivity index (χ3n) is 0. The zero-order valence-electron chi connectivity index (χ0n) is 4.58. The molecule has 0 aromatic heterocycles. The van der Waals surface area contributed by atoms with Gasteiger partial charge in [-0.05, 0) is 0 Å². The summed E-state index contributed by atoms with van der Waals surface area (Å²) in [5.74, 6) is 0. The summed E-state index contributed by atoms with van der Waals surface area (Å²) in [5, 5.41) is 0. The first-order chi connectivity index (χ1) is 0. The Morgan fingerprint density at radius 3 is 0.750 bits per heavy atom. The summed E-state index contributed by atoms with van der Waals surface area (Å²) in [6.07, 6.45) is 0. The first-order valence-electron chi connectivity index (χ1n) is 0. The standard InChI is InChI=1S/3ClH.Ru.3H/h3*1H;;;;/q;;;;3*-1. The fourth-order valence-corrected chi connectivity index (χ4v) is 0. The molecule has 38 valence electrons. The SMILES string of the molecule is Cl.Cl.Cl.[H-].[H-].[H-].[Ru]. The summed E-state index contributed by atoms with van der Waals surface area (Å²) >= 11 is 0. The molecule has 0 aromatic rings. The van der Waals surface area contributed by atoms with Gasteiger partial charge in [0.05, 0.1) is 0 Å². The Hall–Kier alpha value is 1.49. The molecule has 0 saturated heterocycles. The summed E-state index contributed by atoms with van der Waals surface area (Å²) in [5.41, 5.74) is 0. The molecular formula is H6Cl3Ru-3. The zero-order valence-corrected chi connectivity index (χ0v) is 5.77. The molecule has 0 rings (SSSR count). The van der Waals surface area contributed by atoms with Gasteiger partial charge in [-0.15, -0.1) is 37.2 Å². The minimum absolute atomic E-state index is 0. The van der Waals surface area contributed by atoms with Crippen molar-refractivity contribution in [3.05, 3.63) is 0 Å². The second kappa shape index (κ2) is 24.6. The predicted octanol–water partition coefficient (Wildman–Crippen LogP) is 1.60. The molecule has 0 aliphatic heterocycles. The summed E-state index contributed by atoms with van der Waals surface area (Å²) < 4.78 is 0. The first kappa shape index (κ1) is 49.7. The molecule has 0 fully saturated rings. The molecule has 0 bridgehead atoms. The second-order valence-corrected chi connectivity index (χ2v) is 0. The van der Waals surface area contributed by atoms with Gasteiger partial charge in [-0.1, -0.05) is 0 Å². The van der Waals surface area contributed by atoms with E-state index in [1.807, 2.05) is 0 Å². The molecule has 4 heteroatoms. The first-order valence-corrected chi connectivity index (χ1v) is 0. The maximum Gasteiger partial charge on any atom is 0 e. The van der Waals surface area contributed by atoms with Crippen LogP contribution in [0.3, 0.4) is 0 Å². The van der Waals surface area contributed by atoms with Crippen LogP contribution in [0.1, 0.15) is 4.28 Å². The topological polar surface area (TPSA) is 0 Å². The van der Waals surface area contributed by atoms with E-state index in [2.05, 4.69) is 0 Å². The van der Waals surface area contributed by atoms with Gasteiger partial charge in [0.2, 0.25) is 0 Å². The third-order valence-corrected chi connectivity index (χ3v) is 0. The van der Waals surface area contributed by atoms with Crippen LogP contribution in [-0.4, -0.2) is 0 Å². The van der Waals surface area contributed by atoms with Crippen molar-refractivity contribution in [1.82, 2.24) is 0 Å². The van der Waals surface area contributed by atoms with Gasteiger partial charge in [0, 0.05) is 19.5 Å². The number of hydrogen-bond acceptors (Lipinski definition) is 0. The van der Waals surface area contributed by atoms with E-state index in [0.717, 1.165) is 0 Å². The minimum atomic E-state index is 0. The fourth-order valence-electron chi connectivity index (χ4n) is 0. The molecule has 4 heavy (non-hydrogen) atoms. The van der Waals surface area contributed by atoms with Crippen LogP contribution in [0.5, 0.6) is 0 Å². The van der Waals surface area contributed by atoms with Crippen molar-refractivity contribution in [2.24, 2.45) is 0 Å². The van der Waals surface area contributed by atoms with Crippen LogP contribution in [0.4, 0.5) is 0 Å². The molecule has 0 nitrogen and oxygen atoms in total. The summed E-state index contributed by atoms with van der Waals surface area (Å²) in [6.45, 7) is 0. The maximum absolute atomic E-state index is 0. The number of halogens is 3. The Bertz CT molecular complexity index is 10.1. The molecule has 0 saturated carbocycles. The quantitative estimate of drug-likeness (QED) is 0.536. The van der Waals surface area contributed by atoms with Crippen molar-refractivity contribution >= 4 is 37.2 Å². The van der Waals surface area contributed by atoms with E-state index in [4.69, 9.17) is 0 Å². The zero-order chi connectivity index (χ0) is 0. The van der Waals surface area contributed by atoms with Gasteiger partial charge in [-0.25, -0.2) is 0 Å². The Kier molecular flexibility index (Phi) is 306. The van der Waals surface area contributed by atoms with Gasteiger partial charge in [0.25, 0.3) is 0 Å². The van der Waals surface area contributed by atoms with E-state index >= 15 is 0 Å². The predicted molar refractivity (Wildman–Crippen MR) is 25.1 cm³/mol. The van der Waals surface area contributed by atoms with Crippen LogP contribution >= 0.6 is 37.2 Å². The van der Waals surface area contributed by atoms with E-state index in [0.29, 0.717) is 0 Å². The Balaban J connectivity index is 0. The van der Waals surface area contributed by atoms with E-state index in [1.165, 1.54) is 0 Å². The van der Waals surface area contributed by atoms with Crippen molar-refractivity contribution < 1.29 is 23.8 Å².